The highest BCUT2D eigenvalue weighted by Gasteiger charge is 2.15. The molecule has 0 aliphatic rings. The number of nitrogens with zero attached hydrogens (tertiary/aromatic N) is 1. The Balaban J connectivity index is 2.56. The number of hydrogen-bond donors (Lipinski definition) is 1. The molecule has 0 saturated heterocycles. The van der Waals surface area contributed by atoms with Gasteiger partial charge >= 0.3 is 0 Å². The summed E-state index contributed by atoms with van der Waals surface area (Å²) in [5.41, 5.74) is 7.41. The van der Waals surface area contributed by atoms with Crippen molar-refractivity contribution in [3.05, 3.63) is 48.2 Å². The highest BCUT2D eigenvalue weighted by Crippen LogP contribution is 2.23. The predicted octanol–water partition coefficient (Wildman–Crippen LogP) is 1.70. The van der Waals surface area contributed by atoms with Crippen molar-refractivity contribution < 1.29 is 9.63 Å². The Hall–Kier alpha value is -2.23. The standard InChI is InChI=1S/C13H14N2O2/c1-2-17-15-9-8-11(13(14)16)12(15)10-6-4-3-5-7-10/h3-9H,2H2,1H3,(H2,14,16). The monoisotopic (exact) mass is 230 g/mol. The zero-order valence-electron chi connectivity index (χ0n) is 9.59. The van der Waals surface area contributed by atoms with Gasteiger partial charge in [0.05, 0.1) is 11.3 Å². The molecule has 0 bridgehead atoms. The molecule has 1 heterocycles. The lowest BCUT2D eigenvalue weighted by Crippen LogP contribution is -2.15. The largest absolute Gasteiger partial charge is 0.414 e. The highest BCUT2D eigenvalue weighted by atomic mass is 16.7. The molecule has 1 amide bonds. The van der Waals surface area contributed by atoms with Crippen molar-refractivity contribution in [2.45, 2.75) is 6.92 Å². The van der Waals surface area contributed by atoms with Crippen molar-refractivity contribution in [2.75, 3.05) is 6.61 Å². The fourth-order valence-electron chi connectivity index (χ4n) is 1.74. The predicted molar refractivity (Wildman–Crippen MR) is 65.5 cm³/mol. The minimum atomic E-state index is -0.456. The van der Waals surface area contributed by atoms with Gasteiger partial charge in [-0.2, -0.15) is 4.73 Å². The van der Waals surface area contributed by atoms with Gasteiger partial charge in [0, 0.05) is 11.8 Å². The van der Waals surface area contributed by atoms with Gasteiger partial charge in [-0.15, -0.1) is 0 Å². The molecule has 2 aromatic rings. The summed E-state index contributed by atoms with van der Waals surface area (Å²) in [6, 6.07) is 11.2. The maximum absolute atomic E-state index is 11.4. The minimum Gasteiger partial charge on any atom is -0.414 e. The highest BCUT2D eigenvalue weighted by molar-refractivity contribution is 5.99. The lowest BCUT2D eigenvalue weighted by Gasteiger charge is -2.10. The zero-order chi connectivity index (χ0) is 12.3. The Bertz CT molecular complexity index is 517. The van der Waals surface area contributed by atoms with Crippen LogP contribution in [0.15, 0.2) is 42.6 Å². The molecule has 0 aliphatic heterocycles. The van der Waals surface area contributed by atoms with Gasteiger partial charge in [-0.3, -0.25) is 4.79 Å². The van der Waals surface area contributed by atoms with E-state index in [9.17, 15) is 4.79 Å². The van der Waals surface area contributed by atoms with E-state index in [2.05, 4.69) is 0 Å². The third-order valence-electron chi connectivity index (χ3n) is 2.43. The number of aromatic nitrogens is 1. The maximum atomic E-state index is 11.4. The summed E-state index contributed by atoms with van der Waals surface area (Å²) in [6.07, 6.45) is 1.70. The molecule has 0 radical (unpaired) electrons. The molecule has 0 unspecified atom stereocenters. The Labute approximate surface area is 99.6 Å². The van der Waals surface area contributed by atoms with E-state index in [0.717, 1.165) is 5.56 Å². The summed E-state index contributed by atoms with van der Waals surface area (Å²) >= 11 is 0. The van der Waals surface area contributed by atoms with Gasteiger partial charge in [0.2, 0.25) is 0 Å². The van der Waals surface area contributed by atoms with Gasteiger partial charge in [0.15, 0.2) is 0 Å². The van der Waals surface area contributed by atoms with Crippen LogP contribution in [0.5, 0.6) is 0 Å². The van der Waals surface area contributed by atoms with E-state index in [1.165, 1.54) is 0 Å². The maximum Gasteiger partial charge on any atom is 0.251 e. The Kier molecular flexibility index (Phi) is 3.14. The van der Waals surface area contributed by atoms with Crippen LogP contribution in [0.25, 0.3) is 11.3 Å². The Morgan fingerprint density at radius 2 is 2.00 bits per heavy atom. The first-order chi connectivity index (χ1) is 8.24. The number of nitrogens with two attached hydrogens (primary N) is 1. The van der Waals surface area contributed by atoms with E-state index in [1.54, 1.807) is 17.0 Å². The summed E-state index contributed by atoms with van der Waals surface area (Å²) in [5.74, 6) is -0.456. The molecule has 0 fully saturated rings. The summed E-state index contributed by atoms with van der Waals surface area (Å²) < 4.78 is 1.58. The third kappa shape index (κ3) is 2.15. The summed E-state index contributed by atoms with van der Waals surface area (Å²) in [7, 11) is 0. The van der Waals surface area contributed by atoms with Crippen molar-refractivity contribution in [2.24, 2.45) is 5.73 Å². The summed E-state index contributed by atoms with van der Waals surface area (Å²) in [6.45, 7) is 2.41. The summed E-state index contributed by atoms with van der Waals surface area (Å²) in [4.78, 5) is 16.8. The van der Waals surface area contributed by atoms with Crippen LogP contribution >= 0.6 is 0 Å². The topological polar surface area (TPSA) is 57.2 Å². The first kappa shape index (κ1) is 11.3. The van der Waals surface area contributed by atoms with E-state index in [-0.39, 0.29) is 0 Å². The minimum absolute atomic E-state index is 0.456. The van der Waals surface area contributed by atoms with Crippen LogP contribution in [0.3, 0.4) is 0 Å². The average molecular weight is 230 g/mol. The zero-order valence-corrected chi connectivity index (χ0v) is 9.59. The Morgan fingerprint density at radius 3 is 2.59 bits per heavy atom. The Morgan fingerprint density at radius 1 is 1.29 bits per heavy atom. The average Bonchev–Trinajstić information content (AvgIpc) is 2.74. The van der Waals surface area contributed by atoms with E-state index in [0.29, 0.717) is 17.9 Å². The molecule has 88 valence electrons. The molecule has 0 aliphatic carbocycles. The van der Waals surface area contributed by atoms with Crippen LogP contribution in [-0.4, -0.2) is 17.2 Å². The number of amides is 1. The molecule has 4 heteroatoms. The van der Waals surface area contributed by atoms with Gasteiger partial charge in [0.1, 0.15) is 6.61 Å². The van der Waals surface area contributed by atoms with Crippen LogP contribution < -0.4 is 10.6 Å². The van der Waals surface area contributed by atoms with Crippen molar-refractivity contribution in [3.8, 4) is 11.3 Å². The number of carbonyl (C=O) groups excluding carboxylic acids is 1. The molecular formula is C13H14N2O2. The SMILES string of the molecule is CCOn1ccc(C(N)=O)c1-c1ccccc1. The van der Waals surface area contributed by atoms with Crippen molar-refractivity contribution in [1.29, 1.82) is 0 Å². The quantitative estimate of drug-likeness (QED) is 0.869. The molecule has 1 aromatic heterocycles. The van der Waals surface area contributed by atoms with Crippen LogP contribution in [0.4, 0.5) is 0 Å². The molecule has 4 nitrogen and oxygen atoms in total. The fourth-order valence-corrected chi connectivity index (χ4v) is 1.74. The van der Waals surface area contributed by atoms with Gasteiger partial charge in [-0.05, 0) is 13.0 Å². The molecule has 17 heavy (non-hydrogen) atoms. The fraction of sp³-hybridized carbons (Fsp3) is 0.154. The van der Waals surface area contributed by atoms with Crippen LogP contribution in [0.1, 0.15) is 17.3 Å². The van der Waals surface area contributed by atoms with Crippen LogP contribution in [-0.2, 0) is 0 Å². The molecule has 0 atom stereocenters. The second-order valence-electron chi connectivity index (χ2n) is 3.55. The van der Waals surface area contributed by atoms with Crippen molar-refractivity contribution >= 4 is 5.91 Å². The van der Waals surface area contributed by atoms with Crippen LogP contribution in [0.2, 0.25) is 0 Å². The number of primary amides is 1. The summed E-state index contributed by atoms with van der Waals surface area (Å²) in [5, 5.41) is 0. The number of carbonyl (C=O) groups is 1. The van der Waals surface area contributed by atoms with Crippen LogP contribution in [0, 0.1) is 0 Å². The molecule has 0 saturated carbocycles. The normalized spacial score (nSPS) is 10.2. The molecular weight excluding hydrogens is 216 g/mol. The van der Waals surface area contributed by atoms with Crippen molar-refractivity contribution in [1.82, 2.24) is 4.73 Å². The molecule has 2 rings (SSSR count). The second-order valence-corrected chi connectivity index (χ2v) is 3.55. The van der Waals surface area contributed by atoms with Gasteiger partial charge < -0.3 is 10.6 Å². The van der Waals surface area contributed by atoms with Gasteiger partial charge in [0.25, 0.3) is 5.91 Å². The first-order valence-corrected chi connectivity index (χ1v) is 5.44. The number of rotatable bonds is 4. The van der Waals surface area contributed by atoms with Gasteiger partial charge in [-0.1, -0.05) is 30.3 Å². The second kappa shape index (κ2) is 4.74. The first-order valence-electron chi connectivity index (χ1n) is 5.44. The van der Waals surface area contributed by atoms with Crippen molar-refractivity contribution in [3.63, 3.8) is 0 Å². The third-order valence-corrected chi connectivity index (χ3v) is 2.43. The lowest BCUT2D eigenvalue weighted by molar-refractivity contribution is 0.0996. The van der Waals surface area contributed by atoms with E-state index >= 15 is 0 Å². The molecule has 2 N–H and O–H groups in total. The van der Waals surface area contributed by atoms with E-state index < -0.39 is 5.91 Å². The smallest absolute Gasteiger partial charge is 0.251 e. The number of hydrogen-bond acceptors (Lipinski definition) is 2. The van der Waals surface area contributed by atoms with E-state index in [4.69, 9.17) is 10.6 Å². The number of benzene rings is 1. The molecule has 1 aromatic carbocycles. The lowest BCUT2D eigenvalue weighted by atomic mass is 10.1. The van der Waals surface area contributed by atoms with Gasteiger partial charge in [-0.25, -0.2) is 0 Å². The van der Waals surface area contributed by atoms with E-state index in [1.807, 2.05) is 37.3 Å². The molecule has 0 spiro atoms.